The van der Waals surface area contributed by atoms with Crippen LogP contribution in [0.5, 0.6) is 0 Å². The Bertz CT molecular complexity index is 259. The van der Waals surface area contributed by atoms with E-state index in [0.29, 0.717) is 11.3 Å². The maximum absolute atomic E-state index is 4.45. The van der Waals surface area contributed by atoms with Crippen LogP contribution in [0, 0.1) is 0 Å². The number of nitrogens with zero attached hydrogens (tertiary/aromatic N) is 1. The summed E-state index contributed by atoms with van der Waals surface area (Å²) in [7, 11) is -1.00. The van der Waals surface area contributed by atoms with Gasteiger partial charge in [0.15, 0.2) is 0 Å². The van der Waals surface area contributed by atoms with Crippen molar-refractivity contribution < 1.29 is 0 Å². The molecule has 0 aliphatic carbocycles. The minimum Gasteiger partial charge on any atom is -0.280 e. The lowest BCUT2D eigenvalue weighted by atomic mass is 10.3. The molecule has 0 saturated carbocycles. The highest BCUT2D eigenvalue weighted by atomic mass is 32.2. The molecule has 0 spiro atoms. The maximum atomic E-state index is 4.45. The predicted octanol–water partition coefficient (Wildman–Crippen LogP) is 1.86. The number of hydrogen-bond donors (Lipinski definition) is 0. The van der Waals surface area contributed by atoms with E-state index in [4.69, 9.17) is 0 Å². The fourth-order valence-electron chi connectivity index (χ4n) is 1.14. The molecule has 2 heteroatoms. The van der Waals surface area contributed by atoms with E-state index in [1.165, 1.54) is 5.04 Å². The zero-order valence-corrected chi connectivity index (χ0v) is 7.74. The molecule has 0 unspecified atom stereocenters. The Morgan fingerprint density at radius 2 is 1.90 bits per heavy atom. The Morgan fingerprint density at radius 1 is 1.40 bits per heavy atom. The van der Waals surface area contributed by atoms with Crippen LogP contribution in [0.4, 0.5) is 0 Å². The first kappa shape index (κ1) is 7.86. The molecular formula is C8H15NS. The zero-order valence-electron chi connectivity index (χ0n) is 6.92. The molecule has 2 atom stereocenters. The van der Waals surface area contributed by atoms with Gasteiger partial charge in [0.25, 0.3) is 0 Å². The lowest BCUT2D eigenvalue weighted by Gasteiger charge is -2.15. The summed E-state index contributed by atoms with van der Waals surface area (Å²) in [6.45, 7) is 6.38. The summed E-state index contributed by atoms with van der Waals surface area (Å²) in [4.78, 5) is 4.45. The minimum absolute atomic E-state index is 0.435. The van der Waals surface area contributed by atoms with Crippen molar-refractivity contribution in [2.45, 2.75) is 32.1 Å². The van der Waals surface area contributed by atoms with Crippen LogP contribution >= 0.6 is 9.21 Å². The summed E-state index contributed by atoms with van der Waals surface area (Å²) in [5.74, 6) is 8.25. The van der Waals surface area contributed by atoms with Crippen LogP contribution < -0.4 is 0 Å². The normalized spacial score (nSPS) is 37.7. The van der Waals surface area contributed by atoms with Gasteiger partial charge in [-0.2, -0.15) is 9.21 Å². The Balaban J connectivity index is 3.13. The van der Waals surface area contributed by atoms with Gasteiger partial charge >= 0.3 is 0 Å². The Hall–Kier alpha value is -0.240. The third kappa shape index (κ3) is 0.908. The van der Waals surface area contributed by atoms with Gasteiger partial charge in [-0.15, -0.1) is 0 Å². The maximum Gasteiger partial charge on any atom is 0.0590 e. The van der Waals surface area contributed by atoms with Crippen LogP contribution in [0.2, 0.25) is 0 Å². The first-order valence-electron chi connectivity index (χ1n) is 3.49. The first-order valence-corrected chi connectivity index (χ1v) is 5.52. The molecule has 0 saturated heterocycles. The van der Waals surface area contributed by atoms with Crippen LogP contribution in [-0.2, 0) is 0 Å². The largest absolute Gasteiger partial charge is 0.280 e. The molecule has 0 radical (unpaired) electrons. The van der Waals surface area contributed by atoms with E-state index in [9.17, 15) is 0 Å². The molecule has 0 bridgehead atoms. The molecule has 1 rings (SSSR count). The molecule has 58 valence electrons. The second kappa shape index (κ2) is 2.12. The van der Waals surface area contributed by atoms with Crippen molar-refractivity contribution in [3.8, 4) is 0 Å². The number of rotatable bonds is 0. The summed E-state index contributed by atoms with van der Waals surface area (Å²) >= 11 is 0. The van der Waals surface area contributed by atoms with Gasteiger partial charge < -0.3 is 0 Å². The topological polar surface area (TPSA) is 12.4 Å². The van der Waals surface area contributed by atoms with E-state index in [1.54, 1.807) is 0 Å². The smallest absolute Gasteiger partial charge is 0.0590 e. The van der Waals surface area contributed by atoms with E-state index >= 15 is 0 Å². The summed E-state index contributed by atoms with van der Waals surface area (Å²) < 4.78 is 0. The van der Waals surface area contributed by atoms with Crippen molar-refractivity contribution in [2.75, 3.05) is 0 Å². The second-order valence-electron chi connectivity index (χ2n) is 3.04. The van der Waals surface area contributed by atoms with Gasteiger partial charge in [-0.25, -0.2) is 0 Å². The van der Waals surface area contributed by atoms with E-state index in [-0.39, 0.29) is 0 Å². The molecule has 0 aromatic carbocycles. The van der Waals surface area contributed by atoms with Crippen molar-refractivity contribution in [2.24, 2.45) is 4.99 Å². The highest BCUT2D eigenvalue weighted by molar-refractivity contribution is 8.40. The van der Waals surface area contributed by atoms with E-state index in [1.807, 2.05) is 0 Å². The highest BCUT2D eigenvalue weighted by Crippen LogP contribution is 2.37. The second-order valence-corrected chi connectivity index (χ2v) is 6.26. The fourth-order valence-corrected chi connectivity index (χ4v) is 2.87. The third-order valence-corrected chi connectivity index (χ3v) is 5.46. The van der Waals surface area contributed by atoms with Crippen LogP contribution in [0.25, 0.3) is 0 Å². The third-order valence-electron chi connectivity index (χ3n) is 2.36. The van der Waals surface area contributed by atoms with Crippen molar-refractivity contribution in [1.29, 1.82) is 0 Å². The molecule has 10 heavy (non-hydrogen) atoms. The Morgan fingerprint density at radius 3 is 2.00 bits per heavy atom. The van der Waals surface area contributed by atoms with Gasteiger partial charge in [0.2, 0.25) is 0 Å². The van der Waals surface area contributed by atoms with E-state index in [2.05, 4.69) is 37.5 Å². The fraction of sp³-hybridized carbons (Fsp3) is 0.625. The van der Waals surface area contributed by atoms with Crippen molar-refractivity contribution >= 4 is 26.0 Å². The van der Waals surface area contributed by atoms with Gasteiger partial charge in [-0.05, 0) is 13.8 Å². The Kier molecular flexibility index (Phi) is 1.67. The predicted molar refractivity (Wildman–Crippen MR) is 53.9 cm³/mol. The molecule has 0 aromatic rings. The minimum atomic E-state index is -1.00. The first-order chi connectivity index (χ1) is 4.46. The average molecular weight is 157 g/mol. The average Bonchev–Trinajstić information content (AvgIpc) is 1.97. The number of hydrogen-bond acceptors (Lipinski definition) is 1. The monoisotopic (exact) mass is 157 g/mol. The lowest BCUT2D eigenvalue weighted by molar-refractivity contribution is 0.748. The van der Waals surface area contributed by atoms with Crippen LogP contribution in [-0.4, -0.2) is 28.1 Å². The molecule has 1 heterocycles. The van der Waals surface area contributed by atoms with Crippen molar-refractivity contribution in [1.82, 2.24) is 0 Å². The molecule has 0 amide bonds. The molecule has 0 fully saturated rings. The molecule has 0 aromatic heterocycles. The van der Waals surface area contributed by atoms with Crippen LogP contribution in [0.1, 0.15) is 20.8 Å². The van der Waals surface area contributed by atoms with Gasteiger partial charge in [-0.1, -0.05) is 18.7 Å². The van der Waals surface area contributed by atoms with Crippen molar-refractivity contribution in [3.05, 3.63) is 0 Å². The SMILES string of the molecule is C=S1(=C)C(C)=N[C@H](C)[C@@H]1C. The summed E-state index contributed by atoms with van der Waals surface area (Å²) in [6.07, 6.45) is 0. The zero-order chi connectivity index (χ0) is 7.94. The van der Waals surface area contributed by atoms with Crippen LogP contribution in [0.15, 0.2) is 4.99 Å². The highest BCUT2D eigenvalue weighted by Gasteiger charge is 2.24. The van der Waals surface area contributed by atoms with Gasteiger partial charge in [0, 0.05) is 5.25 Å². The van der Waals surface area contributed by atoms with Gasteiger partial charge in [0.1, 0.15) is 0 Å². The van der Waals surface area contributed by atoms with E-state index < -0.39 is 9.21 Å². The van der Waals surface area contributed by atoms with Crippen LogP contribution in [0.3, 0.4) is 0 Å². The van der Waals surface area contributed by atoms with Crippen molar-refractivity contribution in [3.63, 3.8) is 0 Å². The van der Waals surface area contributed by atoms with Gasteiger partial charge in [-0.3, -0.25) is 4.99 Å². The summed E-state index contributed by atoms with van der Waals surface area (Å²) in [5.41, 5.74) is 0. The molecule has 1 aliphatic rings. The lowest BCUT2D eigenvalue weighted by Crippen LogP contribution is -2.11. The summed E-state index contributed by atoms with van der Waals surface area (Å²) in [5, 5.41) is 1.74. The Labute approximate surface area is 63.6 Å². The van der Waals surface area contributed by atoms with Gasteiger partial charge in [0.05, 0.1) is 11.1 Å². The summed E-state index contributed by atoms with van der Waals surface area (Å²) in [6, 6.07) is 0.435. The molecule has 1 aliphatic heterocycles. The molecular weight excluding hydrogens is 142 g/mol. The van der Waals surface area contributed by atoms with E-state index in [0.717, 1.165) is 0 Å². The molecule has 0 N–H and O–H groups in total. The molecule has 1 nitrogen and oxygen atoms in total. The standard InChI is InChI=1S/C8H15NS/c1-6-7(2)10(4,5)8(3)9-6/h6-7H,4-5H2,1-3H3/t6-,7+/m1/s1. The number of aliphatic imine (C=N–C) groups is 1. The quantitative estimate of drug-likeness (QED) is 0.476.